The summed E-state index contributed by atoms with van der Waals surface area (Å²) in [5.74, 6) is -0.510. The van der Waals surface area contributed by atoms with E-state index in [1.54, 1.807) is 0 Å². The summed E-state index contributed by atoms with van der Waals surface area (Å²) in [6.07, 6.45) is 0.715. The summed E-state index contributed by atoms with van der Waals surface area (Å²) in [5.41, 5.74) is -0.291. The van der Waals surface area contributed by atoms with Crippen molar-refractivity contribution in [2.45, 2.75) is 40.4 Å². The lowest BCUT2D eigenvalue weighted by atomic mass is 9.67. The predicted octanol–water partition coefficient (Wildman–Crippen LogP) is 1.30. The highest BCUT2D eigenvalue weighted by Gasteiger charge is 2.47. The summed E-state index contributed by atoms with van der Waals surface area (Å²) in [6, 6.07) is 0. The van der Waals surface area contributed by atoms with Crippen molar-refractivity contribution in [2.75, 3.05) is 26.1 Å². The summed E-state index contributed by atoms with van der Waals surface area (Å²) < 4.78 is 37.1. The summed E-state index contributed by atoms with van der Waals surface area (Å²) in [5, 5.41) is 9.49. The van der Waals surface area contributed by atoms with Crippen LogP contribution in [0.4, 0.5) is 0 Å². The Morgan fingerprint density at radius 2 is 1.47 bits per heavy atom. The standard InChI is InChI=1S/C11H22O3.CH4O3S/c1-9(2,3)11(6-12)7-13-10(4,5)14-8-11;1-5(2,3)4/h12H,6-8H2,1-5H3;1H3,(H,2,3,4). The lowest BCUT2D eigenvalue weighted by Gasteiger charge is -2.49. The summed E-state index contributed by atoms with van der Waals surface area (Å²) in [6.45, 7) is 11.3. The van der Waals surface area contributed by atoms with Crippen LogP contribution in [0.1, 0.15) is 34.6 Å². The van der Waals surface area contributed by atoms with Gasteiger partial charge in [-0.2, -0.15) is 8.42 Å². The number of rotatable bonds is 1. The van der Waals surface area contributed by atoms with E-state index in [0.29, 0.717) is 19.5 Å². The lowest BCUT2D eigenvalue weighted by molar-refractivity contribution is -0.306. The van der Waals surface area contributed by atoms with Crippen molar-refractivity contribution < 1.29 is 27.6 Å². The van der Waals surface area contributed by atoms with Gasteiger partial charge in [-0.05, 0) is 19.3 Å². The second kappa shape index (κ2) is 6.05. The van der Waals surface area contributed by atoms with Crippen LogP contribution >= 0.6 is 0 Å². The van der Waals surface area contributed by atoms with E-state index in [0.717, 1.165) is 0 Å². The van der Waals surface area contributed by atoms with Crippen molar-refractivity contribution in [3.05, 3.63) is 0 Å². The summed E-state index contributed by atoms with van der Waals surface area (Å²) in [7, 11) is -3.67. The molecule has 1 rings (SSSR count). The van der Waals surface area contributed by atoms with Gasteiger partial charge in [-0.3, -0.25) is 4.55 Å². The predicted molar refractivity (Wildman–Crippen MR) is 72.4 cm³/mol. The maximum absolute atomic E-state index is 9.49. The molecular weight excluding hydrogens is 272 g/mol. The zero-order valence-electron chi connectivity index (χ0n) is 12.6. The highest BCUT2D eigenvalue weighted by Crippen LogP contribution is 2.43. The van der Waals surface area contributed by atoms with E-state index in [1.165, 1.54) is 0 Å². The van der Waals surface area contributed by atoms with E-state index in [1.807, 2.05) is 13.8 Å². The Labute approximate surface area is 115 Å². The molecule has 0 spiro atoms. The van der Waals surface area contributed by atoms with Crippen LogP contribution in [0, 0.1) is 10.8 Å². The van der Waals surface area contributed by atoms with Crippen molar-refractivity contribution in [1.82, 2.24) is 0 Å². The molecule has 0 saturated carbocycles. The van der Waals surface area contributed by atoms with Crippen LogP contribution in [0.15, 0.2) is 0 Å². The van der Waals surface area contributed by atoms with Gasteiger partial charge in [-0.1, -0.05) is 20.8 Å². The third kappa shape index (κ3) is 6.67. The van der Waals surface area contributed by atoms with Crippen LogP contribution in [0.25, 0.3) is 0 Å². The zero-order valence-corrected chi connectivity index (χ0v) is 13.4. The average molecular weight is 298 g/mol. The maximum Gasteiger partial charge on any atom is 0.261 e. The molecule has 1 saturated heterocycles. The minimum atomic E-state index is -3.67. The third-order valence-corrected chi connectivity index (χ3v) is 3.29. The molecule has 116 valence electrons. The second-order valence-corrected chi connectivity index (χ2v) is 7.86. The van der Waals surface area contributed by atoms with Crippen LogP contribution in [-0.4, -0.2) is 49.9 Å². The summed E-state index contributed by atoms with van der Waals surface area (Å²) in [4.78, 5) is 0. The van der Waals surface area contributed by atoms with Gasteiger partial charge in [0.1, 0.15) is 0 Å². The lowest BCUT2D eigenvalue weighted by Crippen LogP contribution is -2.54. The first kappa shape index (κ1) is 18.8. The average Bonchev–Trinajstić information content (AvgIpc) is 2.13. The van der Waals surface area contributed by atoms with E-state index in [2.05, 4.69) is 20.8 Å². The van der Waals surface area contributed by atoms with E-state index in [4.69, 9.17) is 14.0 Å². The van der Waals surface area contributed by atoms with Crippen LogP contribution in [-0.2, 0) is 19.6 Å². The molecule has 0 aliphatic carbocycles. The molecule has 0 unspecified atom stereocenters. The van der Waals surface area contributed by atoms with Gasteiger partial charge in [-0.15, -0.1) is 0 Å². The van der Waals surface area contributed by atoms with Crippen molar-refractivity contribution in [3.8, 4) is 0 Å². The van der Waals surface area contributed by atoms with Crippen LogP contribution in [0.2, 0.25) is 0 Å². The number of aliphatic hydroxyl groups is 1. The molecule has 7 heteroatoms. The van der Waals surface area contributed by atoms with Crippen molar-refractivity contribution >= 4 is 10.1 Å². The maximum atomic E-state index is 9.49. The molecule has 0 amide bonds. The zero-order chi connectivity index (χ0) is 15.5. The quantitative estimate of drug-likeness (QED) is 0.709. The molecule has 0 aromatic rings. The normalized spacial score (nSPS) is 22.3. The Bertz CT molecular complexity index is 362. The number of aliphatic hydroxyl groups excluding tert-OH is 1. The first-order valence-corrected chi connectivity index (χ1v) is 7.88. The molecule has 2 N–H and O–H groups in total. The summed E-state index contributed by atoms with van der Waals surface area (Å²) >= 11 is 0. The molecule has 1 fully saturated rings. The van der Waals surface area contributed by atoms with Crippen LogP contribution in [0.3, 0.4) is 0 Å². The molecule has 0 atom stereocenters. The minimum absolute atomic E-state index is 0.0156. The molecular formula is C12H26O6S. The van der Waals surface area contributed by atoms with Crippen LogP contribution < -0.4 is 0 Å². The Morgan fingerprint density at radius 1 is 1.16 bits per heavy atom. The van der Waals surface area contributed by atoms with Gasteiger partial charge in [0.15, 0.2) is 5.79 Å². The first-order chi connectivity index (χ1) is 8.22. The van der Waals surface area contributed by atoms with Gasteiger partial charge in [0.2, 0.25) is 0 Å². The topological polar surface area (TPSA) is 93.1 Å². The molecule has 0 bridgehead atoms. The van der Waals surface area contributed by atoms with Gasteiger partial charge in [0.05, 0.1) is 26.1 Å². The smallest absolute Gasteiger partial charge is 0.261 e. The van der Waals surface area contributed by atoms with Gasteiger partial charge in [0.25, 0.3) is 10.1 Å². The first-order valence-electron chi connectivity index (χ1n) is 6.04. The van der Waals surface area contributed by atoms with E-state index in [-0.39, 0.29) is 17.4 Å². The van der Waals surface area contributed by atoms with E-state index >= 15 is 0 Å². The monoisotopic (exact) mass is 298 g/mol. The highest BCUT2D eigenvalue weighted by atomic mass is 32.2. The third-order valence-electron chi connectivity index (χ3n) is 3.29. The molecule has 0 aromatic carbocycles. The molecule has 1 heterocycles. The number of hydrogen-bond acceptors (Lipinski definition) is 5. The van der Waals surface area contributed by atoms with Gasteiger partial charge in [-0.25, -0.2) is 0 Å². The largest absolute Gasteiger partial charge is 0.396 e. The van der Waals surface area contributed by atoms with Gasteiger partial charge < -0.3 is 14.6 Å². The molecule has 1 aliphatic rings. The van der Waals surface area contributed by atoms with Crippen molar-refractivity contribution in [3.63, 3.8) is 0 Å². The minimum Gasteiger partial charge on any atom is -0.396 e. The highest BCUT2D eigenvalue weighted by molar-refractivity contribution is 7.85. The Morgan fingerprint density at radius 3 is 1.68 bits per heavy atom. The Balaban J connectivity index is 0.000000555. The fraction of sp³-hybridized carbons (Fsp3) is 1.00. The molecule has 1 aliphatic heterocycles. The van der Waals surface area contributed by atoms with Crippen molar-refractivity contribution in [2.24, 2.45) is 10.8 Å². The van der Waals surface area contributed by atoms with E-state index in [9.17, 15) is 13.5 Å². The SMILES string of the molecule is CC1(C)OCC(CO)(C(C)(C)C)CO1.CS(=O)(=O)O. The molecule has 6 nitrogen and oxygen atoms in total. The van der Waals surface area contributed by atoms with E-state index < -0.39 is 15.9 Å². The number of ether oxygens (including phenoxy) is 2. The molecule has 0 radical (unpaired) electrons. The van der Waals surface area contributed by atoms with Gasteiger partial charge >= 0.3 is 0 Å². The fourth-order valence-corrected chi connectivity index (χ4v) is 1.47. The fourth-order valence-electron chi connectivity index (χ4n) is 1.47. The van der Waals surface area contributed by atoms with Crippen molar-refractivity contribution in [1.29, 1.82) is 0 Å². The van der Waals surface area contributed by atoms with Crippen LogP contribution in [0.5, 0.6) is 0 Å². The Kier molecular flexibility index (Phi) is 5.98. The Hall–Kier alpha value is -0.210. The molecule has 0 aromatic heterocycles. The van der Waals surface area contributed by atoms with Gasteiger partial charge in [0, 0.05) is 5.41 Å². The number of hydrogen-bond donors (Lipinski definition) is 2. The second-order valence-electron chi connectivity index (χ2n) is 6.40. The molecule has 19 heavy (non-hydrogen) atoms.